The van der Waals surface area contributed by atoms with Gasteiger partial charge in [-0.3, -0.25) is 9.59 Å². The molecule has 1 atom stereocenters. The summed E-state index contributed by atoms with van der Waals surface area (Å²) >= 11 is 0. The van der Waals surface area contributed by atoms with E-state index in [1.165, 1.54) is 24.3 Å². The predicted molar refractivity (Wildman–Crippen MR) is 81.5 cm³/mol. The molecule has 0 aliphatic carbocycles. The number of amides is 1. The zero-order valence-corrected chi connectivity index (χ0v) is 12.2. The molecule has 2 aromatic rings. The molecule has 23 heavy (non-hydrogen) atoms. The van der Waals surface area contributed by atoms with Crippen LogP contribution in [0.2, 0.25) is 0 Å². The van der Waals surface area contributed by atoms with Crippen molar-refractivity contribution in [2.75, 3.05) is 6.61 Å². The first kappa shape index (κ1) is 16.5. The highest BCUT2D eigenvalue weighted by molar-refractivity contribution is 5.79. The summed E-state index contributed by atoms with van der Waals surface area (Å²) in [5.41, 5.74) is 0.516. The number of carbonyl (C=O) groups excluding carboxylic acids is 1. The normalized spacial score (nSPS) is 11.5. The summed E-state index contributed by atoms with van der Waals surface area (Å²) < 4.78 is 18.3. The molecule has 0 heterocycles. The number of ether oxygens (including phenoxy) is 1. The summed E-state index contributed by atoms with van der Waals surface area (Å²) in [5, 5.41) is 11.6. The number of hydrogen-bond donors (Lipinski definition) is 2. The lowest BCUT2D eigenvalue weighted by Gasteiger charge is -2.17. The Labute approximate surface area is 132 Å². The fraction of sp³-hybridized carbons (Fsp3) is 0.176. The Kier molecular flexibility index (Phi) is 5.68. The second-order valence-corrected chi connectivity index (χ2v) is 4.87. The molecule has 2 N–H and O–H groups in total. The Morgan fingerprint density at radius 2 is 1.74 bits per heavy atom. The molecule has 0 saturated carbocycles. The highest BCUT2D eigenvalue weighted by Gasteiger charge is 2.18. The van der Waals surface area contributed by atoms with Gasteiger partial charge in [-0.2, -0.15) is 0 Å². The summed E-state index contributed by atoms with van der Waals surface area (Å²) in [6.45, 7) is -0.235. The van der Waals surface area contributed by atoms with Crippen LogP contribution in [-0.4, -0.2) is 23.6 Å². The minimum atomic E-state index is -1.07. The molecule has 5 nitrogen and oxygen atoms in total. The van der Waals surface area contributed by atoms with E-state index in [4.69, 9.17) is 9.84 Å². The minimum absolute atomic E-state index is 0.235. The molecular formula is C17H16FNO4. The van der Waals surface area contributed by atoms with E-state index in [1.54, 1.807) is 24.3 Å². The average Bonchev–Trinajstić information content (AvgIpc) is 2.53. The van der Waals surface area contributed by atoms with Crippen molar-refractivity contribution in [3.8, 4) is 5.75 Å². The van der Waals surface area contributed by atoms with Crippen LogP contribution in [0.4, 0.5) is 4.39 Å². The monoisotopic (exact) mass is 317 g/mol. The number of hydrogen-bond acceptors (Lipinski definition) is 3. The van der Waals surface area contributed by atoms with Crippen molar-refractivity contribution in [3.63, 3.8) is 0 Å². The number of carboxylic acids is 1. The van der Waals surface area contributed by atoms with Gasteiger partial charge < -0.3 is 15.2 Å². The van der Waals surface area contributed by atoms with Gasteiger partial charge in [0, 0.05) is 0 Å². The molecule has 0 aliphatic heterocycles. The Bertz CT molecular complexity index is 658. The molecule has 1 amide bonds. The van der Waals surface area contributed by atoms with Gasteiger partial charge in [-0.15, -0.1) is 0 Å². The fourth-order valence-electron chi connectivity index (χ4n) is 2.02. The van der Waals surface area contributed by atoms with E-state index in [0.717, 1.165) is 0 Å². The quantitative estimate of drug-likeness (QED) is 0.823. The van der Waals surface area contributed by atoms with E-state index >= 15 is 0 Å². The molecule has 0 bridgehead atoms. The van der Waals surface area contributed by atoms with Crippen LogP contribution in [0.15, 0.2) is 54.6 Å². The van der Waals surface area contributed by atoms with Crippen molar-refractivity contribution in [2.24, 2.45) is 0 Å². The van der Waals surface area contributed by atoms with Crippen LogP contribution < -0.4 is 10.1 Å². The summed E-state index contributed by atoms with van der Waals surface area (Å²) in [5.74, 6) is -1.41. The number of aliphatic carboxylic acids is 1. The maximum absolute atomic E-state index is 13.0. The predicted octanol–water partition coefficient (Wildman–Crippen LogP) is 2.54. The van der Waals surface area contributed by atoms with Gasteiger partial charge in [0.25, 0.3) is 5.91 Å². The maximum atomic E-state index is 13.0. The SMILES string of the molecule is O=C(O)C[C@H](NC(=O)COc1ccccc1)c1ccc(F)cc1. The third-order valence-corrected chi connectivity index (χ3v) is 3.10. The number of halogens is 1. The Balaban J connectivity index is 1.98. The number of carboxylic acid groups (broad SMARTS) is 1. The van der Waals surface area contributed by atoms with Gasteiger partial charge in [0.15, 0.2) is 6.61 Å². The van der Waals surface area contributed by atoms with Gasteiger partial charge in [-0.25, -0.2) is 4.39 Å². The standard InChI is InChI=1S/C17H16FNO4/c18-13-8-6-12(7-9-13)15(10-17(21)22)19-16(20)11-23-14-4-2-1-3-5-14/h1-9,15H,10-11H2,(H,19,20)(H,21,22)/t15-/m0/s1. The van der Waals surface area contributed by atoms with E-state index in [2.05, 4.69) is 5.32 Å². The van der Waals surface area contributed by atoms with Crippen molar-refractivity contribution in [1.29, 1.82) is 0 Å². The van der Waals surface area contributed by atoms with Crippen molar-refractivity contribution >= 4 is 11.9 Å². The third kappa shape index (κ3) is 5.43. The molecule has 0 aliphatic rings. The largest absolute Gasteiger partial charge is 0.484 e. The Hall–Kier alpha value is -2.89. The van der Waals surface area contributed by atoms with Gasteiger partial charge in [-0.05, 0) is 29.8 Å². The number of carbonyl (C=O) groups is 2. The first-order valence-electron chi connectivity index (χ1n) is 6.99. The third-order valence-electron chi connectivity index (χ3n) is 3.10. The molecule has 0 saturated heterocycles. The van der Waals surface area contributed by atoms with Crippen LogP contribution in [0.25, 0.3) is 0 Å². The van der Waals surface area contributed by atoms with E-state index in [1.807, 2.05) is 6.07 Å². The lowest BCUT2D eigenvalue weighted by atomic mass is 10.0. The molecule has 0 spiro atoms. The van der Waals surface area contributed by atoms with E-state index in [0.29, 0.717) is 11.3 Å². The smallest absolute Gasteiger partial charge is 0.305 e. The average molecular weight is 317 g/mol. The second kappa shape index (κ2) is 7.93. The minimum Gasteiger partial charge on any atom is -0.484 e. The van der Waals surface area contributed by atoms with Crippen LogP contribution in [0, 0.1) is 5.82 Å². The van der Waals surface area contributed by atoms with Gasteiger partial charge >= 0.3 is 5.97 Å². The lowest BCUT2D eigenvalue weighted by molar-refractivity contribution is -0.137. The summed E-state index contributed by atoms with van der Waals surface area (Å²) in [6, 6.07) is 13.4. The topological polar surface area (TPSA) is 75.6 Å². The van der Waals surface area contributed by atoms with Crippen molar-refractivity contribution in [2.45, 2.75) is 12.5 Å². The second-order valence-electron chi connectivity index (χ2n) is 4.87. The fourth-order valence-corrected chi connectivity index (χ4v) is 2.02. The molecular weight excluding hydrogens is 301 g/mol. The molecule has 0 unspecified atom stereocenters. The molecule has 2 rings (SSSR count). The zero-order chi connectivity index (χ0) is 16.7. The van der Waals surface area contributed by atoms with Crippen LogP contribution in [-0.2, 0) is 9.59 Å². The van der Waals surface area contributed by atoms with Gasteiger partial charge in [0.05, 0.1) is 12.5 Å². The van der Waals surface area contributed by atoms with Crippen molar-refractivity contribution < 1.29 is 23.8 Å². The van der Waals surface area contributed by atoms with Crippen molar-refractivity contribution in [1.82, 2.24) is 5.32 Å². The number of benzene rings is 2. The molecule has 0 aromatic heterocycles. The van der Waals surface area contributed by atoms with Gasteiger partial charge in [0.2, 0.25) is 0 Å². The van der Waals surface area contributed by atoms with Gasteiger partial charge in [0.1, 0.15) is 11.6 Å². The van der Waals surface area contributed by atoms with E-state index in [9.17, 15) is 14.0 Å². The summed E-state index contributed by atoms with van der Waals surface area (Å²) in [7, 11) is 0. The molecule has 120 valence electrons. The Morgan fingerprint density at radius 1 is 1.09 bits per heavy atom. The first-order valence-corrected chi connectivity index (χ1v) is 6.99. The van der Waals surface area contributed by atoms with Crippen LogP contribution >= 0.6 is 0 Å². The van der Waals surface area contributed by atoms with E-state index < -0.39 is 23.7 Å². The van der Waals surface area contributed by atoms with Crippen LogP contribution in [0.1, 0.15) is 18.0 Å². The zero-order valence-electron chi connectivity index (χ0n) is 12.2. The molecule has 0 radical (unpaired) electrons. The molecule has 2 aromatic carbocycles. The Morgan fingerprint density at radius 3 is 2.35 bits per heavy atom. The summed E-state index contributed by atoms with van der Waals surface area (Å²) in [6.07, 6.45) is -0.303. The maximum Gasteiger partial charge on any atom is 0.305 e. The molecule has 6 heteroatoms. The van der Waals surface area contributed by atoms with Crippen LogP contribution in [0.5, 0.6) is 5.75 Å². The number of para-hydroxylation sites is 1. The summed E-state index contributed by atoms with van der Waals surface area (Å²) in [4.78, 5) is 22.9. The van der Waals surface area contributed by atoms with Gasteiger partial charge in [-0.1, -0.05) is 30.3 Å². The van der Waals surface area contributed by atoms with Crippen LogP contribution in [0.3, 0.4) is 0 Å². The van der Waals surface area contributed by atoms with E-state index in [-0.39, 0.29) is 13.0 Å². The highest BCUT2D eigenvalue weighted by Crippen LogP contribution is 2.17. The molecule has 0 fully saturated rings. The van der Waals surface area contributed by atoms with Crippen molar-refractivity contribution in [3.05, 3.63) is 66.0 Å². The number of rotatable bonds is 7. The first-order chi connectivity index (χ1) is 11.0. The lowest BCUT2D eigenvalue weighted by Crippen LogP contribution is -2.33. The highest BCUT2D eigenvalue weighted by atomic mass is 19.1. The number of nitrogens with one attached hydrogen (secondary N) is 1.